The largest absolute Gasteiger partial charge is 0.492 e. The first-order chi connectivity index (χ1) is 12.2. The number of benzene rings is 1. The molecule has 0 N–H and O–H groups in total. The molecule has 0 saturated heterocycles. The van der Waals surface area contributed by atoms with Gasteiger partial charge < -0.3 is 9.15 Å². The number of aromatic nitrogens is 3. The molecule has 0 aliphatic carbocycles. The predicted octanol–water partition coefficient (Wildman–Crippen LogP) is 3.93. The van der Waals surface area contributed by atoms with Gasteiger partial charge in [0, 0.05) is 12.3 Å². The summed E-state index contributed by atoms with van der Waals surface area (Å²) in [5.41, 5.74) is 0.601. The van der Waals surface area contributed by atoms with Crippen LogP contribution in [0.25, 0.3) is 11.6 Å². The van der Waals surface area contributed by atoms with E-state index in [1.807, 2.05) is 41.8 Å². The minimum atomic E-state index is -0.00271. The number of thioether (sulfide) groups is 1. The molecule has 0 spiro atoms. The Labute approximate surface area is 150 Å². The van der Waals surface area contributed by atoms with Crippen LogP contribution in [0, 0.1) is 0 Å². The third-order valence-corrected chi connectivity index (χ3v) is 4.54. The van der Waals surface area contributed by atoms with Crippen LogP contribution in [-0.2, 0) is 6.54 Å². The highest BCUT2D eigenvalue weighted by atomic mass is 32.2. The molecule has 2 heterocycles. The highest BCUT2D eigenvalue weighted by Gasteiger charge is 2.15. The first kappa shape index (κ1) is 17.3. The highest BCUT2D eigenvalue weighted by molar-refractivity contribution is 7.99. The van der Waals surface area contributed by atoms with E-state index in [-0.39, 0.29) is 5.78 Å². The monoisotopic (exact) mass is 357 g/mol. The van der Waals surface area contributed by atoms with Gasteiger partial charge in [0.05, 0.1) is 18.4 Å². The lowest BCUT2D eigenvalue weighted by molar-refractivity contribution is 0.101. The van der Waals surface area contributed by atoms with Crippen LogP contribution in [0.4, 0.5) is 0 Å². The quantitative estimate of drug-likeness (QED) is 0.346. The van der Waals surface area contributed by atoms with Gasteiger partial charge in [-0.15, -0.1) is 10.2 Å². The van der Waals surface area contributed by atoms with Crippen molar-refractivity contribution in [1.29, 1.82) is 0 Å². The third-order valence-electron chi connectivity index (χ3n) is 3.61. The predicted molar refractivity (Wildman–Crippen MR) is 96.1 cm³/mol. The molecule has 0 fully saturated rings. The Morgan fingerprint density at radius 2 is 2.08 bits per heavy atom. The molecule has 2 aromatic heterocycles. The van der Waals surface area contributed by atoms with Gasteiger partial charge in [0.25, 0.3) is 0 Å². The molecule has 0 bridgehead atoms. The van der Waals surface area contributed by atoms with Gasteiger partial charge in [-0.2, -0.15) is 0 Å². The number of nitrogens with zero attached hydrogens (tertiary/aromatic N) is 3. The number of ether oxygens (including phenoxy) is 1. The number of carbonyl (C=O) groups excluding carboxylic acids is 1. The van der Waals surface area contributed by atoms with Gasteiger partial charge in [-0.05, 0) is 38.1 Å². The number of carbonyl (C=O) groups is 1. The second-order valence-electron chi connectivity index (χ2n) is 5.28. The van der Waals surface area contributed by atoms with Gasteiger partial charge in [-0.3, -0.25) is 9.36 Å². The molecule has 0 radical (unpaired) electrons. The van der Waals surface area contributed by atoms with Gasteiger partial charge >= 0.3 is 0 Å². The average Bonchev–Trinajstić information content (AvgIpc) is 3.27. The lowest BCUT2D eigenvalue weighted by atomic mass is 10.1. The zero-order valence-corrected chi connectivity index (χ0v) is 15.0. The van der Waals surface area contributed by atoms with E-state index in [4.69, 9.17) is 9.15 Å². The topological polar surface area (TPSA) is 70.2 Å². The first-order valence-corrected chi connectivity index (χ1v) is 9.02. The fourth-order valence-corrected chi connectivity index (χ4v) is 3.26. The maximum atomic E-state index is 11.6. The Kier molecular flexibility index (Phi) is 5.55. The summed E-state index contributed by atoms with van der Waals surface area (Å²) in [5.74, 6) is 2.73. The SMILES string of the molecule is CCn1c(SCCOc2ccccc2C(C)=O)nnc1-c1ccco1. The normalized spacial score (nSPS) is 10.8. The summed E-state index contributed by atoms with van der Waals surface area (Å²) in [6.07, 6.45) is 1.62. The smallest absolute Gasteiger partial charge is 0.200 e. The van der Waals surface area contributed by atoms with E-state index in [1.54, 1.807) is 24.1 Å². The number of furan rings is 1. The summed E-state index contributed by atoms with van der Waals surface area (Å²) < 4.78 is 13.2. The van der Waals surface area contributed by atoms with Crippen LogP contribution >= 0.6 is 11.8 Å². The zero-order chi connectivity index (χ0) is 17.6. The van der Waals surface area contributed by atoms with Crippen LogP contribution < -0.4 is 4.74 Å². The average molecular weight is 357 g/mol. The van der Waals surface area contributed by atoms with Gasteiger partial charge in [-0.25, -0.2) is 0 Å². The number of hydrogen-bond donors (Lipinski definition) is 0. The lowest BCUT2D eigenvalue weighted by Crippen LogP contribution is -2.06. The van der Waals surface area contributed by atoms with Crippen LogP contribution in [0.1, 0.15) is 24.2 Å². The van der Waals surface area contributed by atoms with Gasteiger partial charge in [0.2, 0.25) is 0 Å². The van der Waals surface area contributed by atoms with Crippen molar-refractivity contribution < 1.29 is 13.9 Å². The minimum absolute atomic E-state index is 0.00271. The standard InChI is InChI=1S/C18H19N3O3S/c1-3-21-17(16-9-6-10-23-16)19-20-18(21)25-12-11-24-15-8-5-4-7-14(15)13(2)22/h4-10H,3,11-12H2,1-2H3. The van der Waals surface area contributed by atoms with Crippen LogP contribution in [0.3, 0.4) is 0 Å². The summed E-state index contributed by atoms with van der Waals surface area (Å²) >= 11 is 1.56. The van der Waals surface area contributed by atoms with Crippen LogP contribution in [0.5, 0.6) is 5.75 Å². The Morgan fingerprint density at radius 3 is 2.80 bits per heavy atom. The number of hydrogen-bond acceptors (Lipinski definition) is 6. The molecule has 6 nitrogen and oxygen atoms in total. The molecule has 0 saturated carbocycles. The molecule has 3 rings (SSSR count). The Balaban J connectivity index is 1.61. The molecule has 3 aromatic rings. The van der Waals surface area contributed by atoms with Crippen molar-refractivity contribution in [2.45, 2.75) is 25.5 Å². The van der Waals surface area contributed by atoms with Crippen molar-refractivity contribution in [1.82, 2.24) is 14.8 Å². The maximum Gasteiger partial charge on any atom is 0.200 e. The van der Waals surface area contributed by atoms with E-state index >= 15 is 0 Å². The second-order valence-corrected chi connectivity index (χ2v) is 6.34. The van der Waals surface area contributed by atoms with E-state index in [0.29, 0.717) is 29.4 Å². The van der Waals surface area contributed by atoms with Gasteiger partial charge in [-0.1, -0.05) is 23.9 Å². The van der Waals surface area contributed by atoms with E-state index in [9.17, 15) is 4.79 Å². The molecule has 0 aliphatic heterocycles. The fraction of sp³-hybridized carbons (Fsp3) is 0.278. The molecule has 0 amide bonds. The Hall–Kier alpha value is -2.54. The summed E-state index contributed by atoms with van der Waals surface area (Å²) in [7, 11) is 0. The molecule has 7 heteroatoms. The number of Topliss-reactive ketones (excluding diaryl/α,β-unsaturated/α-hetero) is 1. The number of rotatable bonds is 8. The zero-order valence-electron chi connectivity index (χ0n) is 14.1. The maximum absolute atomic E-state index is 11.6. The van der Waals surface area contributed by atoms with E-state index in [1.165, 1.54) is 6.92 Å². The molecule has 25 heavy (non-hydrogen) atoms. The van der Waals surface area contributed by atoms with Crippen LogP contribution in [0.2, 0.25) is 0 Å². The molecule has 0 atom stereocenters. The molecular weight excluding hydrogens is 338 g/mol. The van der Waals surface area contributed by atoms with Crippen molar-refractivity contribution in [3.05, 3.63) is 48.2 Å². The molecular formula is C18H19N3O3S. The van der Waals surface area contributed by atoms with Crippen molar-refractivity contribution in [2.24, 2.45) is 0 Å². The van der Waals surface area contributed by atoms with Gasteiger partial charge in [0.1, 0.15) is 5.75 Å². The number of ketones is 1. The van der Waals surface area contributed by atoms with Crippen LogP contribution in [-0.4, -0.2) is 32.9 Å². The third kappa shape index (κ3) is 3.93. The second kappa shape index (κ2) is 8.02. The molecule has 0 unspecified atom stereocenters. The van der Waals surface area contributed by atoms with E-state index in [2.05, 4.69) is 10.2 Å². The lowest BCUT2D eigenvalue weighted by Gasteiger charge is -2.09. The minimum Gasteiger partial charge on any atom is -0.492 e. The van der Waals surface area contributed by atoms with Crippen molar-refractivity contribution in [2.75, 3.05) is 12.4 Å². The molecule has 130 valence electrons. The Morgan fingerprint density at radius 1 is 1.24 bits per heavy atom. The molecule has 0 aliphatic rings. The highest BCUT2D eigenvalue weighted by Crippen LogP contribution is 2.24. The van der Waals surface area contributed by atoms with Crippen molar-refractivity contribution >= 4 is 17.5 Å². The fourth-order valence-electron chi connectivity index (χ4n) is 2.44. The summed E-state index contributed by atoms with van der Waals surface area (Å²) in [6, 6.07) is 11.0. The Bertz CT molecular complexity index is 843. The summed E-state index contributed by atoms with van der Waals surface area (Å²) in [4.78, 5) is 11.6. The first-order valence-electron chi connectivity index (χ1n) is 8.03. The van der Waals surface area contributed by atoms with Crippen molar-refractivity contribution in [3.63, 3.8) is 0 Å². The van der Waals surface area contributed by atoms with E-state index < -0.39 is 0 Å². The number of para-hydroxylation sites is 1. The van der Waals surface area contributed by atoms with Gasteiger partial charge in [0.15, 0.2) is 22.5 Å². The van der Waals surface area contributed by atoms with E-state index in [0.717, 1.165) is 17.5 Å². The summed E-state index contributed by atoms with van der Waals surface area (Å²) in [5, 5.41) is 9.27. The van der Waals surface area contributed by atoms with Crippen LogP contribution in [0.15, 0.2) is 52.2 Å². The van der Waals surface area contributed by atoms with Crippen molar-refractivity contribution in [3.8, 4) is 17.3 Å². The molecule has 1 aromatic carbocycles. The summed E-state index contributed by atoms with van der Waals surface area (Å²) in [6.45, 7) is 4.80.